The first-order valence-corrected chi connectivity index (χ1v) is 5.78. The zero-order chi connectivity index (χ0) is 13.0. The number of aryl methyl sites for hydroxylation is 1. The summed E-state index contributed by atoms with van der Waals surface area (Å²) in [6.07, 6.45) is 0.572. The molecule has 94 valence electrons. The van der Waals surface area contributed by atoms with Gasteiger partial charge in [0.25, 0.3) is 0 Å². The van der Waals surface area contributed by atoms with Crippen LogP contribution in [0, 0.1) is 0 Å². The lowest BCUT2D eigenvalue weighted by Gasteiger charge is -2.03. The summed E-state index contributed by atoms with van der Waals surface area (Å²) in [5, 5.41) is 20.5. The Morgan fingerprint density at radius 2 is 2.28 bits per heavy atom. The molecule has 0 fully saturated rings. The van der Waals surface area contributed by atoms with E-state index in [2.05, 4.69) is 15.5 Å². The smallest absolute Gasteiger partial charge is 0.303 e. The normalized spacial score (nSPS) is 10.5. The van der Waals surface area contributed by atoms with Crippen molar-refractivity contribution in [1.29, 1.82) is 0 Å². The van der Waals surface area contributed by atoms with Crippen LogP contribution in [-0.2, 0) is 11.3 Å². The van der Waals surface area contributed by atoms with Gasteiger partial charge >= 0.3 is 5.97 Å². The van der Waals surface area contributed by atoms with Crippen molar-refractivity contribution in [3.8, 4) is 11.4 Å². The quantitative estimate of drug-likeness (QED) is 0.893. The first kappa shape index (κ1) is 12.5. The van der Waals surface area contributed by atoms with Crippen molar-refractivity contribution < 1.29 is 9.90 Å². The molecule has 0 amide bonds. The number of rotatable bonds is 5. The highest BCUT2D eigenvalue weighted by Crippen LogP contribution is 2.20. The number of nitrogens with zero attached hydrogens (tertiary/aromatic N) is 4. The lowest BCUT2D eigenvalue weighted by molar-refractivity contribution is -0.137. The third-order valence-corrected chi connectivity index (χ3v) is 2.61. The molecule has 6 nitrogen and oxygen atoms in total. The van der Waals surface area contributed by atoms with E-state index < -0.39 is 5.97 Å². The minimum absolute atomic E-state index is 0.0921. The largest absolute Gasteiger partial charge is 0.481 e. The van der Waals surface area contributed by atoms with E-state index in [1.807, 2.05) is 12.1 Å². The minimum Gasteiger partial charge on any atom is -0.481 e. The molecule has 0 spiro atoms. The molecule has 1 heterocycles. The molecule has 2 rings (SSSR count). The second-order valence-corrected chi connectivity index (χ2v) is 4.17. The zero-order valence-electron chi connectivity index (χ0n) is 9.45. The van der Waals surface area contributed by atoms with Gasteiger partial charge in [-0.25, -0.2) is 4.68 Å². The van der Waals surface area contributed by atoms with Gasteiger partial charge in [0.1, 0.15) is 0 Å². The van der Waals surface area contributed by atoms with Crippen LogP contribution in [0.25, 0.3) is 11.4 Å². The van der Waals surface area contributed by atoms with E-state index in [0.29, 0.717) is 23.8 Å². The third-order valence-electron chi connectivity index (χ3n) is 2.38. The van der Waals surface area contributed by atoms with Crippen LogP contribution in [0.4, 0.5) is 0 Å². The Bertz CT molecular complexity index is 555. The van der Waals surface area contributed by atoms with Crippen LogP contribution in [0.1, 0.15) is 12.8 Å². The van der Waals surface area contributed by atoms with Crippen molar-refractivity contribution in [3.63, 3.8) is 0 Å². The average molecular weight is 267 g/mol. The molecule has 0 aliphatic heterocycles. The number of hydrogen-bond donors (Lipinski definition) is 1. The summed E-state index contributed by atoms with van der Waals surface area (Å²) < 4.78 is 1.58. The fraction of sp³-hybridized carbons (Fsp3) is 0.273. The van der Waals surface area contributed by atoms with E-state index in [9.17, 15) is 4.79 Å². The SMILES string of the molecule is O=C(O)CCCn1nnnc1-c1cccc(Cl)c1. The molecule has 0 bridgehead atoms. The summed E-state index contributed by atoms with van der Waals surface area (Å²) in [6.45, 7) is 0.459. The van der Waals surface area contributed by atoms with Crippen molar-refractivity contribution >= 4 is 17.6 Å². The van der Waals surface area contributed by atoms with Gasteiger partial charge in [-0.3, -0.25) is 4.79 Å². The number of carbonyl (C=O) groups is 1. The van der Waals surface area contributed by atoms with Crippen LogP contribution in [0.2, 0.25) is 5.02 Å². The molecule has 7 heteroatoms. The molecule has 0 aliphatic carbocycles. The fourth-order valence-electron chi connectivity index (χ4n) is 1.57. The van der Waals surface area contributed by atoms with Crippen LogP contribution in [0.5, 0.6) is 0 Å². The van der Waals surface area contributed by atoms with E-state index in [4.69, 9.17) is 16.7 Å². The Morgan fingerprint density at radius 3 is 3.00 bits per heavy atom. The van der Waals surface area contributed by atoms with Gasteiger partial charge in [0.15, 0.2) is 5.82 Å². The Balaban J connectivity index is 2.15. The summed E-state index contributed by atoms with van der Waals surface area (Å²) >= 11 is 5.90. The summed E-state index contributed by atoms with van der Waals surface area (Å²) in [6, 6.07) is 7.20. The lowest BCUT2D eigenvalue weighted by atomic mass is 10.2. The van der Waals surface area contributed by atoms with Crippen LogP contribution in [-0.4, -0.2) is 31.3 Å². The molecule has 1 aromatic carbocycles. The maximum atomic E-state index is 10.4. The Kier molecular flexibility index (Phi) is 3.88. The highest BCUT2D eigenvalue weighted by atomic mass is 35.5. The van der Waals surface area contributed by atoms with Gasteiger partial charge in [0, 0.05) is 23.6 Å². The summed E-state index contributed by atoms with van der Waals surface area (Å²) in [4.78, 5) is 10.4. The van der Waals surface area contributed by atoms with Crippen molar-refractivity contribution in [2.24, 2.45) is 0 Å². The predicted molar refractivity (Wildman–Crippen MR) is 65.1 cm³/mol. The molecule has 0 atom stereocenters. The van der Waals surface area contributed by atoms with Crippen molar-refractivity contribution in [1.82, 2.24) is 20.2 Å². The molecule has 0 saturated carbocycles. The zero-order valence-corrected chi connectivity index (χ0v) is 10.2. The summed E-state index contributed by atoms with van der Waals surface area (Å²) in [5.74, 6) is -0.240. The van der Waals surface area contributed by atoms with Crippen LogP contribution >= 0.6 is 11.6 Å². The minimum atomic E-state index is -0.826. The summed E-state index contributed by atoms with van der Waals surface area (Å²) in [5.41, 5.74) is 0.808. The second kappa shape index (κ2) is 5.59. The van der Waals surface area contributed by atoms with Gasteiger partial charge in [0.05, 0.1) is 0 Å². The Hall–Kier alpha value is -1.95. The highest BCUT2D eigenvalue weighted by Gasteiger charge is 2.09. The van der Waals surface area contributed by atoms with E-state index in [1.165, 1.54) is 0 Å². The van der Waals surface area contributed by atoms with Crippen molar-refractivity contribution in [2.45, 2.75) is 19.4 Å². The Morgan fingerprint density at radius 1 is 1.44 bits per heavy atom. The van der Waals surface area contributed by atoms with Crippen molar-refractivity contribution in [3.05, 3.63) is 29.3 Å². The first-order valence-electron chi connectivity index (χ1n) is 5.41. The monoisotopic (exact) mass is 266 g/mol. The van der Waals surface area contributed by atoms with Gasteiger partial charge in [-0.05, 0) is 29.0 Å². The maximum Gasteiger partial charge on any atom is 0.303 e. The predicted octanol–water partition coefficient (Wildman–Crippen LogP) is 1.86. The molecular weight excluding hydrogens is 256 g/mol. The number of tetrazole rings is 1. The number of aliphatic carboxylic acids is 1. The number of halogens is 1. The number of aromatic nitrogens is 4. The van der Waals surface area contributed by atoms with Gasteiger partial charge in [-0.15, -0.1) is 5.10 Å². The Labute approximate surface area is 108 Å². The molecule has 0 radical (unpaired) electrons. The molecule has 1 N–H and O–H groups in total. The van der Waals surface area contributed by atoms with Gasteiger partial charge < -0.3 is 5.11 Å². The number of carboxylic acid groups (broad SMARTS) is 1. The molecule has 1 aromatic heterocycles. The number of carboxylic acids is 1. The fourth-order valence-corrected chi connectivity index (χ4v) is 1.76. The van der Waals surface area contributed by atoms with E-state index in [1.54, 1.807) is 16.8 Å². The van der Waals surface area contributed by atoms with Gasteiger partial charge in [-0.1, -0.05) is 23.7 Å². The van der Waals surface area contributed by atoms with Crippen LogP contribution in [0.15, 0.2) is 24.3 Å². The highest BCUT2D eigenvalue weighted by molar-refractivity contribution is 6.30. The van der Waals surface area contributed by atoms with Gasteiger partial charge in [0.2, 0.25) is 0 Å². The molecule has 0 saturated heterocycles. The number of hydrogen-bond acceptors (Lipinski definition) is 4. The lowest BCUT2D eigenvalue weighted by Crippen LogP contribution is -2.05. The molecular formula is C11H11ClN4O2. The molecule has 18 heavy (non-hydrogen) atoms. The summed E-state index contributed by atoms with van der Waals surface area (Å²) in [7, 11) is 0. The average Bonchev–Trinajstić information content (AvgIpc) is 2.77. The van der Waals surface area contributed by atoms with Crippen LogP contribution in [0.3, 0.4) is 0 Å². The topological polar surface area (TPSA) is 80.9 Å². The van der Waals surface area contributed by atoms with E-state index in [0.717, 1.165) is 5.56 Å². The van der Waals surface area contributed by atoms with E-state index >= 15 is 0 Å². The molecule has 2 aromatic rings. The van der Waals surface area contributed by atoms with Crippen LogP contribution < -0.4 is 0 Å². The standard InChI is InChI=1S/C11H11ClN4O2/c12-9-4-1-3-8(7-9)11-13-14-15-16(11)6-2-5-10(17)18/h1,3-4,7H,2,5-6H2,(H,17,18). The van der Waals surface area contributed by atoms with E-state index in [-0.39, 0.29) is 6.42 Å². The molecule has 0 unspecified atom stereocenters. The maximum absolute atomic E-state index is 10.4. The van der Waals surface area contributed by atoms with Crippen molar-refractivity contribution in [2.75, 3.05) is 0 Å². The van der Waals surface area contributed by atoms with Gasteiger partial charge in [-0.2, -0.15) is 0 Å². The third kappa shape index (κ3) is 3.04. The second-order valence-electron chi connectivity index (χ2n) is 3.73. The molecule has 0 aliphatic rings. The first-order chi connectivity index (χ1) is 8.66. The number of benzene rings is 1.